The number of nitrogens with one attached hydrogen (secondary N) is 1. The Morgan fingerprint density at radius 1 is 0.767 bits per heavy atom. The molecule has 1 heterocycles. The fraction of sp³-hybridized carbons (Fsp3) is 0.963. The molecule has 30 heavy (non-hydrogen) atoms. The van der Waals surface area contributed by atoms with Gasteiger partial charge in [-0.15, -0.1) is 0 Å². The van der Waals surface area contributed by atoms with E-state index in [0.717, 1.165) is 12.8 Å². The summed E-state index contributed by atoms with van der Waals surface area (Å²) in [5, 5.41) is 3.65. The second-order valence-electron chi connectivity index (χ2n) is 11.1. The molecule has 0 radical (unpaired) electrons. The minimum atomic E-state index is -0.256. The molecule has 1 aliphatic rings. The third kappa shape index (κ3) is 11.2. The van der Waals surface area contributed by atoms with Crippen LogP contribution in [-0.4, -0.2) is 28.1 Å². The molecule has 0 aromatic heterocycles. The van der Waals surface area contributed by atoms with E-state index in [1.165, 1.54) is 89.9 Å². The van der Waals surface area contributed by atoms with Crippen LogP contribution >= 0.6 is 0 Å². The summed E-state index contributed by atoms with van der Waals surface area (Å²) in [6, 6.07) is 0.306. The Balaban J connectivity index is 2.00. The lowest BCUT2D eigenvalue weighted by Crippen LogP contribution is -2.70. The van der Waals surface area contributed by atoms with E-state index in [0.29, 0.717) is 18.4 Å². The van der Waals surface area contributed by atoms with Crippen molar-refractivity contribution in [1.29, 1.82) is 0 Å². The van der Waals surface area contributed by atoms with Crippen molar-refractivity contribution < 1.29 is 4.79 Å². The third-order valence-electron chi connectivity index (χ3n) is 6.76. The van der Waals surface area contributed by atoms with Gasteiger partial charge in [0, 0.05) is 18.0 Å². The van der Waals surface area contributed by atoms with Crippen molar-refractivity contribution in [2.75, 3.05) is 0 Å². The average Bonchev–Trinajstić information content (AvgIpc) is 2.62. The first-order chi connectivity index (χ1) is 14.2. The Labute approximate surface area is 189 Å². The molecule has 0 saturated carbocycles. The van der Waals surface area contributed by atoms with Crippen LogP contribution in [-0.2, 0) is 4.79 Å². The lowest BCUT2D eigenvalue weighted by molar-refractivity contribution is -0.147. The zero-order chi connectivity index (χ0) is 22.5. The quantitative estimate of drug-likeness (QED) is 0.256. The highest BCUT2D eigenvalue weighted by atomic mass is 16.2. The third-order valence-corrected chi connectivity index (χ3v) is 6.76. The van der Waals surface area contributed by atoms with Crippen molar-refractivity contribution in [3.05, 3.63) is 0 Å². The molecule has 0 spiro atoms. The van der Waals surface area contributed by atoms with Crippen LogP contribution in [0, 0.1) is 0 Å². The molecule has 3 heteroatoms. The molecular formula is C27H54N2O. The first kappa shape index (κ1) is 27.5. The van der Waals surface area contributed by atoms with Crippen molar-refractivity contribution in [3.63, 3.8) is 0 Å². The van der Waals surface area contributed by atoms with E-state index < -0.39 is 0 Å². The SMILES string of the molecule is CCCCCCCCCCCCCCCCCC(=O)N1C(C)CC(C)(C)NC1(C)C. The maximum Gasteiger partial charge on any atom is 0.224 e. The van der Waals surface area contributed by atoms with Gasteiger partial charge in [0.25, 0.3) is 0 Å². The molecule has 1 aliphatic heterocycles. The maximum absolute atomic E-state index is 12.9. The fourth-order valence-electron chi connectivity index (χ4n) is 5.65. The monoisotopic (exact) mass is 422 g/mol. The van der Waals surface area contributed by atoms with E-state index in [1.807, 2.05) is 0 Å². The summed E-state index contributed by atoms with van der Waals surface area (Å²) in [6.07, 6.45) is 22.2. The largest absolute Gasteiger partial charge is 0.322 e. The van der Waals surface area contributed by atoms with Crippen molar-refractivity contribution in [3.8, 4) is 0 Å². The summed E-state index contributed by atoms with van der Waals surface area (Å²) in [7, 11) is 0. The molecular weight excluding hydrogens is 368 g/mol. The summed E-state index contributed by atoms with van der Waals surface area (Å²) in [6.45, 7) is 13.3. The highest BCUT2D eigenvalue weighted by Crippen LogP contribution is 2.31. The van der Waals surface area contributed by atoms with Crippen LogP contribution in [0.15, 0.2) is 0 Å². The highest BCUT2D eigenvalue weighted by Gasteiger charge is 2.43. The van der Waals surface area contributed by atoms with Gasteiger partial charge in [0.15, 0.2) is 0 Å². The smallest absolute Gasteiger partial charge is 0.224 e. The number of amides is 1. The van der Waals surface area contributed by atoms with E-state index in [2.05, 4.69) is 51.8 Å². The predicted octanol–water partition coefficient (Wildman–Crippen LogP) is 7.97. The van der Waals surface area contributed by atoms with Crippen molar-refractivity contribution >= 4 is 5.91 Å². The summed E-state index contributed by atoms with van der Waals surface area (Å²) in [4.78, 5) is 15.0. The molecule has 0 aromatic carbocycles. The van der Waals surface area contributed by atoms with Crippen molar-refractivity contribution in [1.82, 2.24) is 10.2 Å². The van der Waals surface area contributed by atoms with E-state index in [1.54, 1.807) is 0 Å². The molecule has 3 nitrogen and oxygen atoms in total. The fourth-order valence-corrected chi connectivity index (χ4v) is 5.65. The first-order valence-electron chi connectivity index (χ1n) is 13.3. The normalized spacial score (nSPS) is 20.5. The topological polar surface area (TPSA) is 32.3 Å². The lowest BCUT2D eigenvalue weighted by atomic mass is 9.87. The van der Waals surface area contributed by atoms with Crippen LogP contribution in [0.4, 0.5) is 0 Å². The summed E-state index contributed by atoms with van der Waals surface area (Å²) in [5.41, 5.74) is -0.165. The van der Waals surface area contributed by atoms with Gasteiger partial charge >= 0.3 is 0 Å². The van der Waals surface area contributed by atoms with Crippen LogP contribution in [0.5, 0.6) is 0 Å². The minimum Gasteiger partial charge on any atom is -0.322 e. The molecule has 0 aliphatic carbocycles. The number of carbonyl (C=O) groups excluding carboxylic acids is 1. The van der Waals surface area contributed by atoms with Crippen LogP contribution in [0.2, 0.25) is 0 Å². The molecule has 1 amide bonds. The molecule has 178 valence electrons. The molecule has 1 N–H and O–H groups in total. The van der Waals surface area contributed by atoms with Gasteiger partial charge in [0.2, 0.25) is 5.91 Å². The van der Waals surface area contributed by atoms with Gasteiger partial charge in [0.05, 0.1) is 5.66 Å². The number of unbranched alkanes of at least 4 members (excludes halogenated alkanes) is 14. The van der Waals surface area contributed by atoms with Gasteiger partial charge in [-0.1, -0.05) is 96.8 Å². The van der Waals surface area contributed by atoms with Crippen molar-refractivity contribution in [2.24, 2.45) is 0 Å². The number of rotatable bonds is 16. The van der Waals surface area contributed by atoms with E-state index in [4.69, 9.17) is 0 Å². The van der Waals surface area contributed by atoms with E-state index in [9.17, 15) is 4.79 Å². The Morgan fingerprint density at radius 2 is 1.17 bits per heavy atom. The average molecular weight is 423 g/mol. The van der Waals surface area contributed by atoms with Gasteiger partial charge in [-0.2, -0.15) is 0 Å². The number of carbonyl (C=O) groups is 1. The second-order valence-corrected chi connectivity index (χ2v) is 11.1. The van der Waals surface area contributed by atoms with Gasteiger partial charge < -0.3 is 4.90 Å². The molecule has 0 aromatic rings. The Morgan fingerprint density at radius 3 is 1.57 bits per heavy atom. The number of hydrogen-bond donors (Lipinski definition) is 1. The van der Waals surface area contributed by atoms with Crippen LogP contribution in [0.25, 0.3) is 0 Å². The highest BCUT2D eigenvalue weighted by molar-refractivity contribution is 5.77. The summed E-state index contributed by atoms with van der Waals surface area (Å²) < 4.78 is 0. The van der Waals surface area contributed by atoms with Gasteiger partial charge in [0.1, 0.15) is 0 Å². The Hall–Kier alpha value is -0.570. The molecule has 1 atom stereocenters. The standard InChI is InChI=1S/C27H54N2O/c1-7-8-9-10-11-12-13-14-15-16-17-18-19-20-21-22-25(30)29-24(2)23-26(3,4)28-27(29,5)6/h24,28H,7-23H2,1-6H3. The summed E-state index contributed by atoms with van der Waals surface area (Å²) in [5.74, 6) is 0.324. The molecule has 1 unspecified atom stereocenters. The predicted molar refractivity (Wildman–Crippen MR) is 132 cm³/mol. The zero-order valence-corrected chi connectivity index (χ0v) is 21.5. The van der Waals surface area contributed by atoms with Gasteiger partial charge in [-0.3, -0.25) is 10.1 Å². The number of hydrogen-bond acceptors (Lipinski definition) is 2. The van der Waals surface area contributed by atoms with Gasteiger partial charge in [-0.25, -0.2) is 0 Å². The Bertz CT molecular complexity index is 458. The second kappa shape index (κ2) is 14.5. The molecule has 1 rings (SSSR count). The molecule has 0 bridgehead atoms. The van der Waals surface area contributed by atoms with Gasteiger partial charge in [-0.05, 0) is 47.5 Å². The zero-order valence-electron chi connectivity index (χ0n) is 21.5. The maximum atomic E-state index is 12.9. The van der Waals surface area contributed by atoms with E-state index >= 15 is 0 Å². The Kier molecular flexibility index (Phi) is 13.3. The van der Waals surface area contributed by atoms with Crippen LogP contribution in [0.3, 0.4) is 0 Å². The first-order valence-corrected chi connectivity index (χ1v) is 13.3. The van der Waals surface area contributed by atoms with E-state index in [-0.39, 0.29) is 11.2 Å². The molecule has 1 fully saturated rings. The lowest BCUT2D eigenvalue weighted by Gasteiger charge is -2.53. The minimum absolute atomic E-state index is 0.0916. The van der Waals surface area contributed by atoms with Crippen molar-refractivity contribution in [2.45, 2.75) is 168 Å². The number of nitrogens with zero attached hydrogens (tertiary/aromatic N) is 1. The molecule has 1 saturated heterocycles. The van der Waals surface area contributed by atoms with Crippen LogP contribution < -0.4 is 5.32 Å². The summed E-state index contributed by atoms with van der Waals surface area (Å²) >= 11 is 0. The van der Waals surface area contributed by atoms with Crippen LogP contribution in [0.1, 0.15) is 151 Å².